The maximum absolute atomic E-state index is 12.9. The van der Waals surface area contributed by atoms with E-state index in [-0.39, 0.29) is 17.9 Å². The molecule has 2 N–H and O–H groups in total. The molecule has 2 heterocycles. The maximum Gasteiger partial charge on any atom is 0.410 e. The quantitative estimate of drug-likeness (QED) is 0.558. The molecule has 0 saturated carbocycles. The molecule has 0 aromatic heterocycles. The van der Waals surface area contributed by atoms with Gasteiger partial charge in [0, 0.05) is 41.0 Å². The first kappa shape index (κ1) is 25.8. The molecular weight excluding hydrogens is 460 g/mol. The van der Waals surface area contributed by atoms with Crippen molar-refractivity contribution in [3.8, 4) is 0 Å². The van der Waals surface area contributed by atoms with Gasteiger partial charge < -0.3 is 19.9 Å². The highest BCUT2D eigenvalue weighted by Gasteiger charge is 2.27. The summed E-state index contributed by atoms with van der Waals surface area (Å²) in [5, 5.41) is 5.38. The number of piperidine rings is 2. The Morgan fingerprint density at radius 2 is 1.60 bits per heavy atom. The number of rotatable bonds is 5. The molecule has 0 radical (unpaired) electrons. The molecule has 35 heavy (non-hydrogen) atoms. The van der Waals surface area contributed by atoms with Crippen molar-refractivity contribution in [2.45, 2.75) is 63.0 Å². The lowest BCUT2D eigenvalue weighted by Gasteiger charge is -2.33. The molecule has 2 saturated heterocycles. The van der Waals surface area contributed by atoms with E-state index in [9.17, 15) is 9.59 Å². The van der Waals surface area contributed by atoms with Crippen LogP contribution in [0.3, 0.4) is 0 Å². The number of amides is 2. The highest BCUT2D eigenvalue weighted by atomic mass is 32.2. The number of nitrogens with one attached hydrogen (secondary N) is 2. The molecule has 2 amide bonds. The predicted octanol–water partition coefficient (Wildman–Crippen LogP) is 5.12. The first-order valence-corrected chi connectivity index (χ1v) is 13.4. The third kappa shape index (κ3) is 6.90. The number of ether oxygens (including phenoxy) is 1. The van der Waals surface area contributed by atoms with E-state index in [4.69, 9.17) is 4.74 Å². The summed E-state index contributed by atoms with van der Waals surface area (Å²) in [5.74, 6) is 0.200. The van der Waals surface area contributed by atoms with E-state index in [1.807, 2.05) is 39.0 Å². The van der Waals surface area contributed by atoms with Gasteiger partial charge in [0.05, 0.1) is 0 Å². The first-order valence-electron chi connectivity index (χ1n) is 12.6. The minimum atomic E-state index is -0.470. The molecule has 0 atom stereocenters. The zero-order valence-electron chi connectivity index (χ0n) is 21.3. The number of hydrogen-bond donors (Lipinski definition) is 2. The van der Waals surface area contributed by atoms with Crippen LogP contribution in [-0.2, 0) is 9.53 Å². The van der Waals surface area contributed by atoms with Crippen LogP contribution in [0.25, 0.3) is 10.8 Å². The fourth-order valence-corrected chi connectivity index (χ4v) is 5.58. The number of benzene rings is 2. The van der Waals surface area contributed by atoms with Gasteiger partial charge in [-0.2, -0.15) is 0 Å². The molecule has 8 heteroatoms. The summed E-state index contributed by atoms with van der Waals surface area (Å²) < 4.78 is 9.10. The molecule has 2 fully saturated rings. The number of carbonyl (C=O) groups excluding carboxylic acids is 2. The van der Waals surface area contributed by atoms with Gasteiger partial charge in [0.1, 0.15) is 5.60 Å². The lowest BCUT2D eigenvalue weighted by Crippen LogP contribution is -2.45. The summed E-state index contributed by atoms with van der Waals surface area (Å²) in [6.07, 6.45) is 3.35. The summed E-state index contributed by atoms with van der Waals surface area (Å²) in [5.41, 5.74) is 0.404. The topological polar surface area (TPSA) is 73.9 Å². The van der Waals surface area contributed by atoms with Gasteiger partial charge in [0.2, 0.25) is 5.91 Å². The van der Waals surface area contributed by atoms with Crippen molar-refractivity contribution >= 4 is 40.4 Å². The number of anilines is 1. The number of nitrogens with zero attached hydrogens (tertiary/aromatic N) is 2. The molecular formula is C27H38N4O3S. The Morgan fingerprint density at radius 1 is 0.943 bits per heavy atom. The van der Waals surface area contributed by atoms with Crippen molar-refractivity contribution in [3.63, 3.8) is 0 Å². The van der Waals surface area contributed by atoms with E-state index in [1.165, 1.54) is 0 Å². The van der Waals surface area contributed by atoms with Crippen molar-refractivity contribution in [1.29, 1.82) is 0 Å². The van der Waals surface area contributed by atoms with E-state index in [1.54, 1.807) is 16.8 Å². The van der Waals surface area contributed by atoms with Gasteiger partial charge in [-0.3, -0.25) is 9.52 Å². The van der Waals surface area contributed by atoms with E-state index >= 15 is 0 Å². The molecule has 7 nitrogen and oxygen atoms in total. The minimum Gasteiger partial charge on any atom is -0.444 e. The number of carbonyl (C=O) groups is 2. The Kier molecular flexibility index (Phi) is 8.24. The number of hydrogen-bond acceptors (Lipinski definition) is 6. The Bertz CT molecular complexity index is 1040. The zero-order valence-corrected chi connectivity index (χ0v) is 22.1. The molecule has 2 aliphatic rings. The normalized spacial score (nSPS) is 18.6. The minimum absolute atomic E-state index is 0.0761. The molecule has 0 bridgehead atoms. The zero-order chi connectivity index (χ0) is 25.0. The first-order chi connectivity index (χ1) is 16.7. The van der Waals surface area contributed by atoms with E-state index in [0.717, 1.165) is 60.1 Å². The van der Waals surface area contributed by atoms with E-state index < -0.39 is 5.60 Å². The smallest absolute Gasteiger partial charge is 0.410 e. The standard InChI is InChI=1S/C27H38N4O3S/c1-27(2,3)34-26(33)31-17-13-20(14-18-31)29-35-24-10-9-23(21-7-5-6-8-22(21)24)28-25(32)19-11-15-30(4)16-12-19/h5-10,19-20,29H,11-18H2,1-4H3,(H,28,32). The largest absolute Gasteiger partial charge is 0.444 e. The second-order valence-corrected chi connectivity index (χ2v) is 11.6. The van der Waals surface area contributed by atoms with Gasteiger partial charge >= 0.3 is 6.09 Å². The van der Waals surface area contributed by atoms with Crippen LogP contribution < -0.4 is 10.0 Å². The Labute approximate surface area is 213 Å². The molecule has 190 valence electrons. The average molecular weight is 499 g/mol. The molecule has 4 rings (SSSR count). The number of likely N-dealkylation sites (tertiary alicyclic amines) is 2. The van der Waals surface area contributed by atoms with Gasteiger partial charge in [0.15, 0.2) is 0 Å². The lowest BCUT2D eigenvalue weighted by atomic mass is 9.96. The van der Waals surface area contributed by atoms with Crippen LogP contribution in [0.15, 0.2) is 41.3 Å². The van der Waals surface area contributed by atoms with Crippen molar-refractivity contribution in [2.75, 3.05) is 38.5 Å². The second kappa shape index (κ2) is 11.2. The van der Waals surface area contributed by atoms with Gasteiger partial charge in [-0.15, -0.1) is 0 Å². The summed E-state index contributed by atoms with van der Waals surface area (Å²) in [7, 11) is 2.11. The van der Waals surface area contributed by atoms with Crippen LogP contribution in [0.5, 0.6) is 0 Å². The second-order valence-electron chi connectivity index (χ2n) is 10.7. The van der Waals surface area contributed by atoms with Crippen molar-refractivity contribution in [2.24, 2.45) is 5.92 Å². The third-order valence-electron chi connectivity index (χ3n) is 6.71. The van der Waals surface area contributed by atoms with Gasteiger partial charge in [-0.25, -0.2) is 4.79 Å². The summed E-state index contributed by atoms with van der Waals surface area (Å²) in [6, 6.07) is 12.7. The monoisotopic (exact) mass is 498 g/mol. The summed E-state index contributed by atoms with van der Waals surface area (Å²) in [6.45, 7) is 9.00. The van der Waals surface area contributed by atoms with Crippen LogP contribution in [0.1, 0.15) is 46.5 Å². The Hall–Kier alpha value is -2.29. The highest BCUT2D eigenvalue weighted by Crippen LogP contribution is 2.33. The molecule has 0 aliphatic carbocycles. The average Bonchev–Trinajstić information content (AvgIpc) is 2.83. The van der Waals surface area contributed by atoms with E-state index in [0.29, 0.717) is 19.1 Å². The molecule has 0 unspecified atom stereocenters. The SMILES string of the molecule is CN1CCC(C(=O)Nc2ccc(SNC3CCN(C(=O)OC(C)(C)C)CC3)c3ccccc23)CC1. The van der Waals surface area contributed by atoms with E-state index in [2.05, 4.69) is 40.2 Å². The van der Waals surface area contributed by atoms with Gasteiger partial charge in [-0.05, 0) is 96.1 Å². The van der Waals surface area contributed by atoms with Crippen LogP contribution in [0, 0.1) is 5.92 Å². The van der Waals surface area contributed by atoms with Gasteiger partial charge in [0.25, 0.3) is 0 Å². The predicted molar refractivity (Wildman–Crippen MR) is 143 cm³/mol. The lowest BCUT2D eigenvalue weighted by molar-refractivity contribution is -0.121. The fraction of sp³-hybridized carbons (Fsp3) is 0.556. The molecule has 0 spiro atoms. The Balaban J connectivity index is 1.35. The molecule has 2 aliphatic heterocycles. The highest BCUT2D eigenvalue weighted by molar-refractivity contribution is 7.97. The van der Waals surface area contributed by atoms with Crippen molar-refractivity contribution in [3.05, 3.63) is 36.4 Å². The maximum atomic E-state index is 12.9. The number of fused-ring (bicyclic) bond motifs is 1. The molecule has 2 aromatic carbocycles. The Morgan fingerprint density at radius 3 is 2.26 bits per heavy atom. The van der Waals surface area contributed by atoms with Gasteiger partial charge in [-0.1, -0.05) is 24.3 Å². The van der Waals surface area contributed by atoms with Crippen molar-refractivity contribution in [1.82, 2.24) is 14.5 Å². The summed E-state index contributed by atoms with van der Waals surface area (Å²) in [4.78, 5) is 30.4. The third-order valence-corrected chi connectivity index (χ3v) is 7.74. The fourth-order valence-electron chi connectivity index (χ4n) is 4.63. The van der Waals surface area contributed by atoms with Crippen LogP contribution in [0.2, 0.25) is 0 Å². The van der Waals surface area contributed by atoms with Crippen LogP contribution >= 0.6 is 11.9 Å². The van der Waals surface area contributed by atoms with Crippen LogP contribution in [0.4, 0.5) is 10.5 Å². The van der Waals surface area contributed by atoms with Crippen LogP contribution in [-0.4, -0.2) is 66.7 Å². The van der Waals surface area contributed by atoms with Crippen molar-refractivity contribution < 1.29 is 14.3 Å². The molecule has 2 aromatic rings. The summed E-state index contributed by atoms with van der Waals surface area (Å²) >= 11 is 1.63.